The molecule has 2 heteroatoms. The lowest BCUT2D eigenvalue weighted by Crippen LogP contribution is -2.02. The molecule has 1 rings (SSSR count). The fourth-order valence-corrected chi connectivity index (χ4v) is 0.837. The lowest BCUT2D eigenvalue weighted by atomic mass is 10.3. The van der Waals surface area contributed by atoms with Crippen LogP contribution in [0.3, 0.4) is 0 Å². The van der Waals surface area contributed by atoms with Crippen molar-refractivity contribution in [2.45, 2.75) is 13.5 Å². The van der Waals surface area contributed by atoms with E-state index < -0.39 is 0 Å². The molecule has 0 aromatic carbocycles. The molecule has 11 heavy (non-hydrogen) atoms. The van der Waals surface area contributed by atoms with Gasteiger partial charge in [-0.1, -0.05) is 18.1 Å². The third-order valence-electron chi connectivity index (χ3n) is 1.28. The van der Waals surface area contributed by atoms with E-state index in [0.29, 0.717) is 6.54 Å². The molecule has 56 valence electrons. The Kier molecular flexibility index (Phi) is 2.12. The van der Waals surface area contributed by atoms with E-state index in [2.05, 4.69) is 17.6 Å². The highest BCUT2D eigenvalue weighted by Crippen LogP contribution is 1.99. The van der Waals surface area contributed by atoms with E-state index in [-0.39, 0.29) is 0 Å². The second kappa shape index (κ2) is 3.07. The van der Waals surface area contributed by atoms with E-state index in [1.807, 2.05) is 13.0 Å². The summed E-state index contributed by atoms with van der Waals surface area (Å²) in [5.41, 5.74) is 1.85. The maximum absolute atomic E-state index is 5.23. The summed E-state index contributed by atoms with van der Waals surface area (Å²) in [5, 5.41) is 4.04. The Hall–Kier alpha value is -1.49. The summed E-state index contributed by atoms with van der Waals surface area (Å²) in [5.74, 6) is 2.54. The van der Waals surface area contributed by atoms with Gasteiger partial charge in [-0.2, -0.15) is 5.10 Å². The first-order chi connectivity index (χ1) is 5.24. The minimum atomic E-state index is 0.701. The van der Waals surface area contributed by atoms with Gasteiger partial charge in [0.2, 0.25) is 0 Å². The monoisotopic (exact) mass is 146 g/mol. The zero-order chi connectivity index (χ0) is 8.27. The molecule has 0 atom stereocenters. The van der Waals surface area contributed by atoms with Crippen molar-refractivity contribution in [1.29, 1.82) is 0 Å². The normalized spacial score (nSPS) is 9.09. The second-order valence-corrected chi connectivity index (χ2v) is 2.48. The highest BCUT2D eigenvalue weighted by Gasteiger charge is 1.96. The third kappa shape index (κ3) is 1.71. The molecule has 0 saturated carbocycles. The van der Waals surface area contributed by atoms with Gasteiger partial charge in [0.15, 0.2) is 0 Å². The van der Waals surface area contributed by atoms with Crippen LogP contribution in [0.15, 0.2) is 24.4 Å². The van der Waals surface area contributed by atoms with Crippen LogP contribution in [0.5, 0.6) is 0 Å². The summed E-state index contributed by atoms with van der Waals surface area (Å²) in [6.07, 6.45) is 6.92. The lowest BCUT2D eigenvalue weighted by molar-refractivity contribution is 0.671. The van der Waals surface area contributed by atoms with Gasteiger partial charge in [0.05, 0.1) is 12.7 Å². The molecule has 0 amide bonds. The van der Waals surface area contributed by atoms with Crippen molar-refractivity contribution < 1.29 is 0 Å². The molecule has 0 aliphatic heterocycles. The molecule has 1 aromatic rings. The molecule has 0 fully saturated rings. The van der Waals surface area contributed by atoms with Gasteiger partial charge in [0.25, 0.3) is 0 Å². The highest BCUT2D eigenvalue weighted by molar-refractivity contribution is 5.23. The summed E-state index contributed by atoms with van der Waals surface area (Å²) in [6.45, 7) is 6.42. The average Bonchev–Trinajstić information content (AvgIpc) is 2.34. The molecular weight excluding hydrogens is 136 g/mol. The zero-order valence-corrected chi connectivity index (χ0v) is 6.54. The van der Waals surface area contributed by atoms with Crippen molar-refractivity contribution in [1.82, 2.24) is 9.78 Å². The Morgan fingerprint density at radius 2 is 2.64 bits per heavy atom. The molecule has 0 aliphatic carbocycles. The molecule has 1 heterocycles. The Morgan fingerprint density at radius 1 is 1.91 bits per heavy atom. The molecule has 0 spiro atoms. The maximum atomic E-state index is 5.23. The minimum Gasteiger partial charge on any atom is -0.253 e. The number of terminal acetylenes is 1. The first-order valence-electron chi connectivity index (χ1n) is 3.37. The molecular formula is C9H10N2. The van der Waals surface area contributed by atoms with Gasteiger partial charge in [-0.15, -0.1) is 6.42 Å². The molecule has 0 unspecified atom stereocenters. The highest BCUT2D eigenvalue weighted by atomic mass is 15.3. The largest absolute Gasteiger partial charge is 0.253 e. The van der Waals surface area contributed by atoms with Crippen molar-refractivity contribution >= 4 is 0 Å². The van der Waals surface area contributed by atoms with Gasteiger partial charge >= 0.3 is 0 Å². The molecule has 0 N–H and O–H groups in total. The standard InChI is InChI=1S/C9H10N2/c1-4-9-5-6-10-11(9)7-8(2)3/h1,5-6H,2,7H2,3H3. The van der Waals surface area contributed by atoms with Gasteiger partial charge < -0.3 is 0 Å². The Morgan fingerprint density at radius 3 is 3.18 bits per heavy atom. The molecule has 0 aliphatic rings. The van der Waals surface area contributed by atoms with Gasteiger partial charge in [-0.3, -0.25) is 4.68 Å². The van der Waals surface area contributed by atoms with E-state index in [4.69, 9.17) is 6.42 Å². The predicted molar refractivity (Wildman–Crippen MR) is 45.0 cm³/mol. The van der Waals surface area contributed by atoms with Crippen LogP contribution in [-0.2, 0) is 6.54 Å². The SMILES string of the molecule is C#Cc1ccnn1CC(=C)C. The summed E-state index contributed by atoms with van der Waals surface area (Å²) in [6, 6.07) is 1.81. The smallest absolute Gasteiger partial charge is 0.111 e. The number of nitrogens with zero attached hydrogens (tertiary/aromatic N) is 2. The van der Waals surface area contributed by atoms with Crippen molar-refractivity contribution in [3.05, 3.63) is 30.1 Å². The van der Waals surface area contributed by atoms with Crippen LogP contribution in [0, 0.1) is 12.3 Å². The fraction of sp³-hybridized carbons (Fsp3) is 0.222. The van der Waals surface area contributed by atoms with Gasteiger partial charge in [-0.05, 0) is 13.0 Å². The molecule has 0 radical (unpaired) electrons. The number of hydrogen-bond acceptors (Lipinski definition) is 1. The van der Waals surface area contributed by atoms with Crippen LogP contribution < -0.4 is 0 Å². The Labute approximate surface area is 66.5 Å². The summed E-state index contributed by atoms with van der Waals surface area (Å²) >= 11 is 0. The number of allylic oxidation sites excluding steroid dienone is 1. The van der Waals surface area contributed by atoms with Crippen LogP contribution in [0.25, 0.3) is 0 Å². The van der Waals surface area contributed by atoms with Crippen molar-refractivity contribution in [2.75, 3.05) is 0 Å². The molecule has 1 aromatic heterocycles. The van der Waals surface area contributed by atoms with Gasteiger partial charge in [-0.25, -0.2) is 0 Å². The maximum Gasteiger partial charge on any atom is 0.111 e. The third-order valence-corrected chi connectivity index (χ3v) is 1.28. The van der Waals surface area contributed by atoms with Crippen molar-refractivity contribution in [3.63, 3.8) is 0 Å². The molecule has 0 saturated heterocycles. The minimum absolute atomic E-state index is 0.701. The van der Waals surface area contributed by atoms with E-state index in [1.54, 1.807) is 10.9 Å². The first-order valence-corrected chi connectivity index (χ1v) is 3.37. The summed E-state index contributed by atoms with van der Waals surface area (Å²) < 4.78 is 1.75. The number of hydrogen-bond donors (Lipinski definition) is 0. The van der Waals surface area contributed by atoms with E-state index in [0.717, 1.165) is 11.3 Å². The Balaban J connectivity index is 2.87. The van der Waals surface area contributed by atoms with E-state index in [1.165, 1.54) is 0 Å². The second-order valence-electron chi connectivity index (χ2n) is 2.48. The number of aromatic nitrogens is 2. The average molecular weight is 146 g/mol. The molecule has 0 bridgehead atoms. The summed E-state index contributed by atoms with van der Waals surface area (Å²) in [4.78, 5) is 0. The van der Waals surface area contributed by atoms with E-state index in [9.17, 15) is 0 Å². The van der Waals surface area contributed by atoms with Crippen LogP contribution in [-0.4, -0.2) is 9.78 Å². The predicted octanol–water partition coefficient (Wildman–Crippen LogP) is 1.44. The van der Waals surface area contributed by atoms with Crippen LogP contribution in [0.2, 0.25) is 0 Å². The number of rotatable bonds is 2. The lowest BCUT2D eigenvalue weighted by Gasteiger charge is -2.00. The zero-order valence-electron chi connectivity index (χ0n) is 6.54. The van der Waals surface area contributed by atoms with Gasteiger partial charge in [0.1, 0.15) is 5.69 Å². The van der Waals surface area contributed by atoms with Crippen molar-refractivity contribution in [2.24, 2.45) is 0 Å². The topological polar surface area (TPSA) is 17.8 Å². The fourth-order valence-electron chi connectivity index (χ4n) is 0.837. The van der Waals surface area contributed by atoms with Crippen LogP contribution >= 0.6 is 0 Å². The summed E-state index contributed by atoms with van der Waals surface area (Å²) in [7, 11) is 0. The quantitative estimate of drug-likeness (QED) is 0.456. The van der Waals surface area contributed by atoms with Crippen LogP contribution in [0.1, 0.15) is 12.6 Å². The Bertz CT molecular complexity index is 302. The first kappa shape index (κ1) is 7.62. The molecule has 2 nitrogen and oxygen atoms in total. The van der Waals surface area contributed by atoms with Gasteiger partial charge in [0, 0.05) is 0 Å². The van der Waals surface area contributed by atoms with Crippen molar-refractivity contribution in [3.8, 4) is 12.3 Å². The van der Waals surface area contributed by atoms with E-state index >= 15 is 0 Å². The van der Waals surface area contributed by atoms with Crippen LogP contribution in [0.4, 0.5) is 0 Å².